The smallest absolute Gasteiger partial charge is 0.648 e. The van der Waals surface area contributed by atoms with Gasteiger partial charge in [0, 0.05) is 11.5 Å². The molecule has 0 radical (unpaired) electrons. The van der Waals surface area contributed by atoms with Crippen LogP contribution in [-0.2, 0) is 21.8 Å². The molecule has 33 heavy (non-hydrogen) atoms. The van der Waals surface area contributed by atoms with E-state index in [1.165, 1.54) is 15.9 Å². The molecule has 5 rings (SSSR count). The van der Waals surface area contributed by atoms with Crippen LogP contribution < -0.4 is 10.6 Å². The summed E-state index contributed by atoms with van der Waals surface area (Å²) in [6.45, 7) is 7.33. The van der Waals surface area contributed by atoms with Crippen LogP contribution in [0.15, 0.2) is 126 Å². The van der Waals surface area contributed by atoms with Crippen LogP contribution in [0.2, 0.25) is 0 Å². The Morgan fingerprint density at radius 1 is 0.879 bits per heavy atom. The van der Waals surface area contributed by atoms with Crippen molar-refractivity contribution in [2.24, 2.45) is 5.41 Å². The molecule has 0 amide bonds. The van der Waals surface area contributed by atoms with Crippen LogP contribution in [0.1, 0.15) is 20.8 Å². The fourth-order valence-corrected chi connectivity index (χ4v) is 6.09. The Morgan fingerprint density at radius 2 is 1.45 bits per heavy atom. The first-order valence-corrected chi connectivity index (χ1v) is 12.4. The van der Waals surface area contributed by atoms with E-state index in [-0.39, 0.29) is 28.5 Å². The Labute approximate surface area is 210 Å². The Hall–Kier alpha value is -2.44. The summed E-state index contributed by atoms with van der Waals surface area (Å²) < 4.78 is 6.06. The molecule has 1 saturated heterocycles. The van der Waals surface area contributed by atoms with Crippen LogP contribution in [0.25, 0.3) is 5.32 Å². The first-order chi connectivity index (χ1) is 15.5. The zero-order chi connectivity index (χ0) is 22.4. The Morgan fingerprint density at radius 3 is 1.91 bits per heavy atom. The van der Waals surface area contributed by atoms with Crippen molar-refractivity contribution in [2.75, 3.05) is 6.61 Å². The van der Waals surface area contributed by atoms with E-state index < -0.39 is 7.92 Å². The van der Waals surface area contributed by atoms with Crippen LogP contribution in [-0.4, -0.2) is 12.6 Å². The molecule has 0 aromatic heterocycles. The molecule has 0 spiro atoms. The maximum absolute atomic E-state index is 6.06. The number of nitrogens with zero attached hydrogens (tertiary/aromatic N) is 1. The molecule has 1 fully saturated rings. The second-order valence-corrected chi connectivity index (χ2v) is 11.1. The van der Waals surface area contributed by atoms with E-state index in [1.54, 1.807) is 0 Å². The molecule has 170 valence electrons. The van der Waals surface area contributed by atoms with E-state index in [0.717, 1.165) is 11.5 Å². The summed E-state index contributed by atoms with van der Waals surface area (Å²) in [5.41, 5.74) is 1.25. The van der Waals surface area contributed by atoms with E-state index in [2.05, 4.69) is 99.7 Å². The van der Waals surface area contributed by atoms with Crippen molar-refractivity contribution >= 4 is 18.5 Å². The average Bonchev–Trinajstić information content (AvgIpc) is 3.58. The zero-order valence-corrected chi connectivity index (χ0v) is 21.3. The van der Waals surface area contributed by atoms with Crippen LogP contribution >= 0.6 is 7.92 Å². The maximum atomic E-state index is 6.06. The first kappa shape index (κ1) is 25.2. The Kier molecular flexibility index (Phi) is 8.87. The van der Waals surface area contributed by atoms with Crippen LogP contribution in [0.5, 0.6) is 0 Å². The fraction of sp³-hybridized carbons (Fsp3) is 0.207. The van der Waals surface area contributed by atoms with Gasteiger partial charge in [0.05, 0.1) is 6.61 Å². The van der Waals surface area contributed by atoms with Crippen molar-refractivity contribution in [1.29, 1.82) is 0 Å². The molecule has 1 aliphatic carbocycles. The Balaban J connectivity index is 0.000000453. The quantitative estimate of drug-likeness (QED) is 0.218. The number of rotatable bonds is 3. The molecule has 2 nitrogen and oxygen atoms in total. The third-order valence-electron chi connectivity index (χ3n) is 5.50. The van der Waals surface area contributed by atoms with E-state index in [0.29, 0.717) is 6.61 Å². The van der Waals surface area contributed by atoms with Crippen LogP contribution in [0.3, 0.4) is 0 Å². The summed E-state index contributed by atoms with van der Waals surface area (Å²) in [7, 11) is -0.649. The predicted octanol–water partition coefficient (Wildman–Crippen LogP) is 7.01. The molecular weight excluding hydrogens is 465 g/mol. The molecule has 0 saturated carbocycles. The topological polar surface area (TPSA) is 23.3 Å². The molecule has 4 heteroatoms. The van der Waals surface area contributed by atoms with Crippen molar-refractivity contribution in [1.82, 2.24) is 0 Å². The minimum atomic E-state index is -0.649. The SMILES string of the molecule is CC(C)(C)[C@@H]1CO/C(=C2/C=CC=C2P(c2ccccc2)c2ccccc2)[N-]1.[Fe+2].c1cc[cH-]c1. The monoisotopic (exact) mass is 495 g/mol. The third-order valence-corrected chi connectivity index (χ3v) is 8.00. The summed E-state index contributed by atoms with van der Waals surface area (Å²) >= 11 is 0. The van der Waals surface area contributed by atoms with Gasteiger partial charge in [-0.15, -0.1) is 0 Å². The van der Waals surface area contributed by atoms with Gasteiger partial charge in [-0.3, -0.25) is 0 Å². The predicted molar refractivity (Wildman–Crippen MR) is 138 cm³/mol. The van der Waals surface area contributed by atoms with Gasteiger partial charge in [-0.25, -0.2) is 12.1 Å². The molecule has 3 aromatic carbocycles. The van der Waals surface area contributed by atoms with Gasteiger partial charge in [0.25, 0.3) is 0 Å². The molecule has 0 N–H and O–H groups in total. The van der Waals surface area contributed by atoms with Crippen molar-refractivity contribution in [3.63, 3.8) is 0 Å². The van der Waals surface area contributed by atoms with E-state index >= 15 is 0 Å². The average molecular weight is 495 g/mol. The number of ether oxygens (including phenoxy) is 1. The number of benzene rings is 2. The van der Waals surface area contributed by atoms with E-state index in [1.807, 2.05) is 30.3 Å². The molecule has 3 aromatic rings. The maximum Gasteiger partial charge on any atom is 2.00 e. The van der Waals surface area contributed by atoms with Crippen LogP contribution in [0, 0.1) is 5.41 Å². The molecule has 1 heterocycles. The van der Waals surface area contributed by atoms with Crippen molar-refractivity contribution in [2.45, 2.75) is 26.8 Å². The minimum Gasteiger partial charge on any atom is -0.648 e. The normalized spacial score (nSPS) is 19.2. The summed E-state index contributed by atoms with van der Waals surface area (Å²) in [5, 5.41) is 8.94. The molecular formula is C29H30FeNOP. The van der Waals surface area contributed by atoms with Gasteiger partial charge in [-0.05, 0) is 29.3 Å². The van der Waals surface area contributed by atoms with Crippen LogP contribution in [0.4, 0.5) is 0 Å². The fourth-order valence-electron chi connectivity index (χ4n) is 3.65. The van der Waals surface area contributed by atoms with Gasteiger partial charge in [0.1, 0.15) is 0 Å². The number of hydrogen-bond acceptors (Lipinski definition) is 1. The van der Waals surface area contributed by atoms with Gasteiger partial charge in [0.15, 0.2) is 0 Å². The van der Waals surface area contributed by atoms with E-state index in [9.17, 15) is 0 Å². The summed E-state index contributed by atoms with van der Waals surface area (Å²) in [6, 6.07) is 31.7. The van der Waals surface area contributed by atoms with Crippen molar-refractivity contribution in [3.05, 3.63) is 131 Å². The summed E-state index contributed by atoms with van der Waals surface area (Å²) in [4.78, 5) is 0. The van der Waals surface area contributed by atoms with Crippen molar-refractivity contribution in [3.8, 4) is 0 Å². The molecule has 0 unspecified atom stereocenters. The van der Waals surface area contributed by atoms with Gasteiger partial charge >= 0.3 is 17.1 Å². The number of allylic oxidation sites excluding steroid dienone is 5. The molecule has 1 aliphatic heterocycles. The molecule has 2 aliphatic rings. The van der Waals surface area contributed by atoms with Crippen molar-refractivity contribution < 1.29 is 21.8 Å². The standard InChI is InChI=1S/C24H25NOP.C5H5.Fe/c1-24(2,3)22-17-26-23(25-22)20-15-10-16-21(20)27(18-11-6-4-7-12-18)19-13-8-5-9-14-19;1-2-4-5-3-1;/h4-16,22H,17H2,1-3H3;1-5H;/q2*-1;+2/b23-20-;;/t22-;;/m0../s1. The number of hydrogen-bond donors (Lipinski definition) is 0. The second kappa shape index (κ2) is 11.6. The minimum absolute atomic E-state index is 0. The second-order valence-electron chi connectivity index (χ2n) is 8.92. The first-order valence-electron chi connectivity index (χ1n) is 11.1. The Bertz CT molecular complexity index is 1020. The molecule has 1 atom stereocenters. The van der Waals surface area contributed by atoms with Gasteiger partial charge in [0.2, 0.25) is 0 Å². The van der Waals surface area contributed by atoms with Gasteiger partial charge in [-0.2, -0.15) is 18.2 Å². The van der Waals surface area contributed by atoms with E-state index in [4.69, 9.17) is 10.1 Å². The third kappa shape index (κ3) is 6.33. The van der Waals surface area contributed by atoms with Gasteiger partial charge < -0.3 is 10.1 Å². The largest absolute Gasteiger partial charge is 2.00 e. The molecule has 0 bridgehead atoms. The zero-order valence-electron chi connectivity index (χ0n) is 19.3. The van der Waals surface area contributed by atoms with Gasteiger partial charge in [-0.1, -0.05) is 106 Å². The summed E-state index contributed by atoms with van der Waals surface area (Å²) in [6.07, 6.45) is 6.51. The summed E-state index contributed by atoms with van der Waals surface area (Å²) in [5.74, 6) is 0.800.